The first-order chi connectivity index (χ1) is 11.3. The summed E-state index contributed by atoms with van der Waals surface area (Å²) >= 11 is 0. The maximum absolute atomic E-state index is 12.4. The Kier molecular flexibility index (Phi) is 8.94. The third kappa shape index (κ3) is 4.78. The second-order valence-electron chi connectivity index (χ2n) is 5.26. The number of hydrogen-bond acceptors (Lipinski definition) is 8. The number of hydrogen-bond donors (Lipinski definition) is 1. The van der Waals surface area contributed by atoms with E-state index in [1.807, 2.05) is 0 Å². The molecule has 0 saturated carbocycles. The molecular weight excluding hydrogens is 402 g/mol. The number of nitrogens with zero attached hydrogens (tertiary/aromatic N) is 1. The van der Waals surface area contributed by atoms with Gasteiger partial charge in [-0.2, -0.15) is 0 Å². The molecule has 0 bridgehead atoms. The van der Waals surface area contributed by atoms with E-state index in [2.05, 4.69) is 4.98 Å². The van der Waals surface area contributed by atoms with E-state index in [9.17, 15) is 24.0 Å². The first-order valence-corrected chi connectivity index (χ1v) is 9.99. The summed E-state index contributed by atoms with van der Waals surface area (Å²) in [6.45, 7) is 0. The normalized spacial score (nSPS) is 33.6. The zero-order valence-corrected chi connectivity index (χ0v) is 20.0. The maximum Gasteiger partial charge on any atom is 1.00 e. The van der Waals surface area contributed by atoms with Crippen LogP contribution in [0.4, 0.5) is 0 Å². The van der Waals surface area contributed by atoms with Gasteiger partial charge >= 0.3 is 59.1 Å². The van der Waals surface area contributed by atoms with Crippen molar-refractivity contribution in [2.45, 2.75) is 17.8 Å². The molecule has 2 aromatic rings. The van der Waals surface area contributed by atoms with Crippen molar-refractivity contribution < 1.29 is 92.2 Å². The van der Waals surface area contributed by atoms with E-state index in [1.165, 1.54) is 36.7 Å². The van der Waals surface area contributed by atoms with Crippen LogP contribution in [-0.2, 0) is 24.6 Å². The van der Waals surface area contributed by atoms with Crippen LogP contribution < -0.4 is 68.9 Å². The fourth-order valence-corrected chi connectivity index (χ4v) is 5.77. The van der Waals surface area contributed by atoms with Crippen molar-refractivity contribution in [2.75, 3.05) is 0 Å². The summed E-state index contributed by atoms with van der Waals surface area (Å²) in [6, 6.07) is 10.6. The van der Waals surface area contributed by atoms with Gasteiger partial charge in [0.05, 0.1) is 0 Å². The molecule has 1 aliphatic heterocycles. The van der Waals surface area contributed by atoms with Crippen molar-refractivity contribution >= 4 is 15.2 Å². The van der Waals surface area contributed by atoms with Gasteiger partial charge in [-0.3, -0.25) is 4.98 Å². The Morgan fingerprint density at radius 2 is 1.62 bits per heavy atom. The minimum absolute atomic E-state index is 0. The molecular formula is C14H13NNa2O7P2. The van der Waals surface area contributed by atoms with Crippen LogP contribution in [0.3, 0.4) is 0 Å². The van der Waals surface area contributed by atoms with E-state index in [4.69, 9.17) is 9.05 Å². The molecule has 1 aromatic heterocycles. The molecule has 26 heavy (non-hydrogen) atoms. The third-order valence-corrected chi connectivity index (χ3v) is 8.06. The molecule has 1 saturated heterocycles. The van der Waals surface area contributed by atoms with E-state index in [-0.39, 0.29) is 70.2 Å². The van der Waals surface area contributed by atoms with Crippen molar-refractivity contribution in [2.24, 2.45) is 0 Å². The zero-order chi connectivity index (χ0) is 17.4. The van der Waals surface area contributed by atoms with E-state index in [1.54, 1.807) is 18.2 Å². The first-order valence-electron chi connectivity index (χ1n) is 6.90. The van der Waals surface area contributed by atoms with Gasteiger partial charge in [-0.1, -0.05) is 36.4 Å². The molecule has 1 aromatic carbocycles. The SMILES string of the molecule is O=P1([O-])OC(c2ccccc2)OP(=O)([O-])C1(O)Cc1cccnc1.[Na+].[Na+]. The molecule has 1 N–H and O–H groups in total. The summed E-state index contributed by atoms with van der Waals surface area (Å²) in [5.74, 6) is 0. The summed E-state index contributed by atoms with van der Waals surface area (Å²) in [4.78, 5) is 28.5. The van der Waals surface area contributed by atoms with Crippen LogP contribution >= 0.6 is 15.2 Å². The standard InChI is InChI=1S/C14H15NO7P2.2Na/c16-14(9-11-5-4-8-15-10-11)23(17,18)21-13(22-24(14,19)20)12-6-2-1-3-7-12;;/h1-8,10,13,16H,9H2,(H,17,18)(H,19,20);;/q;2*+1/p-2. The van der Waals surface area contributed by atoms with Crippen molar-refractivity contribution in [3.8, 4) is 0 Å². The van der Waals surface area contributed by atoms with E-state index >= 15 is 0 Å². The average Bonchev–Trinajstić information content (AvgIpc) is 2.54. The smallest absolute Gasteiger partial charge is 0.776 e. The predicted molar refractivity (Wildman–Crippen MR) is 79.5 cm³/mol. The average molecular weight is 415 g/mol. The van der Waals surface area contributed by atoms with Crippen LogP contribution in [-0.4, -0.2) is 15.2 Å². The van der Waals surface area contributed by atoms with Crippen LogP contribution in [0.1, 0.15) is 17.4 Å². The Bertz CT molecular complexity index is 799. The molecule has 1 aliphatic rings. The van der Waals surface area contributed by atoms with Gasteiger partial charge in [-0.05, 0) is 11.6 Å². The minimum Gasteiger partial charge on any atom is -0.776 e. The number of benzene rings is 1. The fourth-order valence-electron chi connectivity index (χ4n) is 2.29. The predicted octanol–water partition coefficient (Wildman–Crippen LogP) is -4.87. The molecule has 12 heteroatoms. The van der Waals surface area contributed by atoms with Crippen molar-refractivity contribution in [3.63, 3.8) is 0 Å². The van der Waals surface area contributed by atoms with E-state index in [0.717, 1.165) is 0 Å². The number of aromatic nitrogens is 1. The van der Waals surface area contributed by atoms with Crippen LogP contribution in [0.25, 0.3) is 0 Å². The molecule has 2 unspecified atom stereocenters. The van der Waals surface area contributed by atoms with Gasteiger partial charge in [0, 0.05) is 24.4 Å². The summed E-state index contributed by atoms with van der Waals surface area (Å²) in [5.41, 5.74) is 0.408. The summed E-state index contributed by atoms with van der Waals surface area (Å²) in [5, 5.41) is 7.22. The van der Waals surface area contributed by atoms with Gasteiger partial charge in [0.2, 0.25) is 0 Å². The molecule has 2 atom stereocenters. The summed E-state index contributed by atoms with van der Waals surface area (Å²) in [7, 11) is -10.5. The molecule has 1 fully saturated rings. The quantitative estimate of drug-likeness (QED) is 0.390. The van der Waals surface area contributed by atoms with Gasteiger partial charge in [-0.15, -0.1) is 0 Å². The van der Waals surface area contributed by atoms with Crippen molar-refractivity contribution in [1.82, 2.24) is 4.98 Å². The Hall–Kier alpha value is 0.630. The summed E-state index contributed by atoms with van der Waals surface area (Å²) < 4.78 is 34.4. The molecule has 0 spiro atoms. The van der Waals surface area contributed by atoms with Gasteiger partial charge in [0.25, 0.3) is 0 Å². The number of pyridine rings is 1. The van der Waals surface area contributed by atoms with Crippen LogP contribution in [0, 0.1) is 0 Å². The third-order valence-electron chi connectivity index (χ3n) is 3.58. The second-order valence-corrected chi connectivity index (χ2v) is 9.50. The molecule has 0 amide bonds. The Labute approximate surface area is 194 Å². The van der Waals surface area contributed by atoms with Gasteiger partial charge in [0.15, 0.2) is 26.6 Å². The topological polar surface area (TPSA) is 132 Å². The fraction of sp³-hybridized carbons (Fsp3) is 0.214. The van der Waals surface area contributed by atoms with Crippen LogP contribution in [0.5, 0.6) is 0 Å². The molecule has 2 heterocycles. The Morgan fingerprint density at radius 3 is 2.12 bits per heavy atom. The largest absolute Gasteiger partial charge is 1.00 e. The maximum atomic E-state index is 12.4. The van der Waals surface area contributed by atoms with Gasteiger partial charge in [-0.25, -0.2) is 0 Å². The Balaban J connectivity index is 0.00000169. The van der Waals surface area contributed by atoms with Crippen molar-refractivity contribution in [1.29, 1.82) is 0 Å². The number of rotatable bonds is 3. The van der Waals surface area contributed by atoms with E-state index in [0.29, 0.717) is 0 Å². The number of aliphatic hydroxyl groups is 1. The van der Waals surface area contributed by atoms with Gasteiger partial charge < -0.3 is 33.1 Å². The molecule has 8 nitrogen and oxygen atoms in total. The molecule has 0 radical (unpaired) electrons. The minimum atomic E-state index is -5.24. The van der Waals surface area contributed by atoms with Crippen LogP contribution in [0.2, 0.25) is 0 Å². The zero-order valence-electron chi connectivity index (χ0n) is 14.2. The molecule has 128 valence electrons. The summed E-state index contributed by atoms with van der Waals surface area (Å²) in [6.07, 6.45) is 0.276. The Morgan fingerprint density at radius 1 is 1.04 bits per heavy atom. The first kappa shape index (κ1) is 24.7. The monoisotopic (exact) mass is 415 g/mol. The molecule has 3 rings (SSSR count). The molecule has 0 aliphatic carbocycles. The second kappa shape index (κ2) is 9.42. The van der Waals surface area contributed by atoms with Crippen molar-refractivity contribution in [3.05, 3.63) is 66.0 Å². The van der Waals surface area contributed by atoms with E-state index < -0.39 is 33.0 Å². The van der Waals surface area contributed by atoms with Gasteiger partial charge in [0.1, 0.15) is 0 Å². The van der Waals surface area contributed by atoms with Crippen LogP contribution in [0.15, 0.2) is 54.9 Å².